The molecule has 0 aliphatic heterocycles. The molecule has 0 unspecified atom stereocenters. The standard InChI is InChI=1S/C30H37N3O5S/c1-22(2)31-30(35)28(18-24-12-7-6-8-13-24)32(20-25-14-9-11-23(3)17-25)29(34)21-33(39(5,36)37)26-15-10-16-27(19-26)38-4/h6-17,19,22,28H,18,20-21H2,1-5H3,(H,31,35)/t28-/m1/s1. The van der Waals surface area contributed by atoms with Crippen LogP contribution in [0.15, 0.2) is 78.9 Å². The maximum Gasteiger partial charge on any atom is 0.244 e. The van der Waals surface area contributed by atoms with Gasteiger partial charge in [0.05, 0.1) is 19.1 Å². The summed E-state index contributed by atoms with van der Waals surface area (Å²) >= 11 is 0. The van der Waals surface area contributed by atoms with E-state index in [0.717, 1.165) is 27.3 Å². The summed E-state index contributed by atoms with van der Waals surface area (Å²) in [5.74, 6) is -0.338. The van der Waals surface area contributed by atoms with Crippen molar-refractivity contribution >= 4 is 27.5 Å². The Morgan fingerprint density at radius 3 is 2.21 bits per heavy atom. The molecular formula is C30H37N3O5S. The van der Waals surface area contributed by atoms with Gasteiger partial charge in [0.25, 0.3) is 0 Å². The molecule has 0 aromatic heterocycles. The first-order chi connectivity index (χ1) is 18.5. The van der Waals surface area contributed by atoms with E-state index in [4.69, 9.17) is 4.74 Å². The first-order valence-electron chi connectivity index (χ1n) is 12.8. The van der Waals surface area contributed by atoms with Crippen molar-refractivity contribution in [1.82, 2.24) is 10.2 Å². The molecule has 0 saturated carbocycles. The summed E-state index contributed by atoms with van der Waals surface area (Å²) < 4.78 is 32.0. The third-order valence-electron chi connectivity index (χ3n) is 6.16. The third-order valence-corrected chi connectivity index (χ3v) is 7.30. The summed E-state index contributed by atoms with van der Waals surface area (Å²) in [6.45, 7) is 5.34. The smallest absolute Gasteiger partial charge is 0.244 e. The van der Waals surface area contributed by atoms with Crippen LogP contribution in [-0.2, 0) is 32.6 Å². The highest BCUT2D eigenvalue weighted by atomic mass is 32.2. The van der Waals surface area contributed by atoms with Crippen LogP contribution in [0.1, 0.15) is 30.5 Å². The van der Waals surface area contributed by atoms with E-state index in [1.807, 2.05) is 75.4 Å². The number of nitrogens with one attached hydrogen (secondary N) is 1. The molecule has 0 radical (unpaired) electrons. The van der Waals surface area contributed by atoms with Crippen molar-refractivity contribution < 1.29 is 22.7 Å². The van der Waals surface area contributed by atoms with Crippen LogP contribution in [0.3, 0.4) is 0 Å². The van der Waals surface area contributed by atoms with Crippen LogP contribution >= 0.6 is 0 Å². The number of hydrogen-bond donors (Lipinski definition) is 1. The lowest BCUT2D eigenvalue weighted by Crippen LogP contribution is -2.54. The SMILES string of the molecule is COc1cccc(N(CC(=O)N(Cc2cccc(C)c2)[C@H](Cc2ccccc2)C(=O)NC(C)C)S(C)(=O)=O)c1. The van der Waals surface area contributed by atoms with Gasteiger partial charge >= 0.3 is 0 Å². The van der Waals surface area contributed by atoms with Gasteiger partial charge in [0.2, 0.25) is 21.8 Å². The molecule has 9 heteroatoms. The van der Waals surface area contributed by atoms with Gasteiger partial charge in [0.1, 0.15) is 18.3 Å². The predicted octanol–water partition coefficient (Wildman–Crippen LogP) is 3.93. The molecule has 0 spiro atoms. The third kappa shape index (κ3) is 8.58. The molecule has 1 atom stereocenters. The highest BCUT2D eigenvalue weighted by molar-refractivity contribution is 7.92. The van der Waals surface area contributed by atoms with Gasteiger partial charge in [-0.15, -0.1) is 0 Å². The summed E-state index contributed by atoms with van der Waals surface area (Å²) in [4.78, 5) is 29.1. The van der Waals surface area contributed by atoms with E-state index < -0.39 is 28.5 Å². The molecular weight excluding hydrogens is 514 g/mol. The fourth-order valence-electron chi connectivity index (χ4n) is 4.32. The van der Waals surface area contributed by atoms with Crippen molar-refractivity contribution in [3.05, 3.63) is 95.6 Å². The average Bonchev–Trinajstić information content (AvgIpc) is 2.88. The number of carbonyl (C=O) groups is 2. The topological polar surface area (TPSA) is 96.0 Å². The van der Waals surface area contributed by atoms with E-state index in [1.54, 1.807) is 24.3 Å². The Morgan fingerprint density at radius 1 is 0.923 bits per heavy atom. The molecule has 0 aliphatic carbocycles. The molecule has 3 aromatic carbocycles. The quantitative estimate of drug-likeness (QED) is 0.368. The molecule has 0 heterocycles. The number of ether oxygens (including phenoxy) is 1. The fourth-order valence-corrected chi connectivity index (χ4v) is 5.16. The number of benzene rings is 3. The first kappa shape index (κ1) is 29.7. The molecule has 0 fully saturated rings. The normalized spacial score (nSPS) is 12.1. The number of sulfonamides is 1. The van der Waals surface area contributed by atoms with E-state index in [1.165, 1.54) is 12.0 Å². The van der Waals surface area contributed by atoms with E-state index in [0.29, 0.717) is 11.4 Å². The molecule has 0 bridgehead atoms. The molecule has 2 amide bonds. The zero-order valence-corrected chi connectivity index (χ0v) is 23.9. The monoisotopic (exact) mass is 551 g/mol. The molecule has 1 N–H and O–H groups in total. The van der Waals surface area contributed by atoms with Crippen LogP contribution in [-0.4, -0.2) is 57.1 Å². The van der Waals surface area contributed by atoms with E-state index in [9.17, 15) is 18.0 Å². The Morgan fingerprint density at radius 2 is 1.59 bits per heavy atom. The summed E-state index contributed by atoms with van der Waals surface area (Å²) in [6, 6.07) is 22.7. The second kappa shape index (κ2) is 13.3. The summed E-state index contributed by atoms with van der Waals surface area (Å²) in [5.41, 5.74) is 3.04. The Labute approximate surface area is 231 Å². The minimum atomic E-state index is -3.85. The Balaban J connectivity index is 2.06. The number of aryl methyl sites for hydroxylation is 1. The summed E-state index contributed by atoms with van der Waals surface area (Å²) in [5, 5.41) is 2.94. The van der Waals surface area contributed by atoms with Crippen LogP contribution in [0.5, 0.6) is 5.75 Å². The van der Waals surface area contributed by atoms with Crippen molar-refractivity contribution in [3.63, 3.8) is 0 Å². The molecule has 0 aliphatic rings. The highest BCUT2D eigenvalue weighted by Gasteiger charge is 2.33. The van der Waals surface area contributed by atoms with Crippen molar-refractivity contribution in [2.75, 3.05) is 24.2 Å². The van der Waals surface area contributed by atoms with Gasteiger partial charge in [-0.3, -0.25) is 13.9 Å². The number of amides is 2. The van der Waals surface area contributed by atoms with Gasteiger partial charge in [-0.05, 0) is 44.0 Å². The number of rotatable bonds is 12. The van der Waals surface area contributed by atoms with Crippen molar-refractivity contribution in [2.45, 2.75) is 45.8 Å². The van der Waals surface area contributed by atoms with Crippen molar-refractivity contribution in [1.29, 1.82) is 0 Å². The molecule has 3 rings (SSSR count). The lowest BCUT2D eigenvalue weighted by Gasteiger charge is -2.34. The van der Waals surface area contributed by atoms with Crippen LogP contribution in [0.4, 0.5) is 5.69 Å². The Bertz CT molecular complexity index is 1380. The minimum absolute atomic E-state index is 0.138. The van der Waals surface area contributed by atoms with Crippen LogP contribution in [0, 0.1) is 6.92 Å². The average molecular weight is 552 g/mol. The molecule has 8 nitrogen and oxygen atoms in total. The maximum absolute atomic E-state index is 14.0. The largest absolute Gasteiger partial charge is 0.497 e. The van der Waals surface area contributed by atoms with Crippen LogP contribution < -0.4 is 14.4 Å². The number of hydrogen-bond acceptors (Lipinski definition) is 5. The zero-order chi connectivity index (χ0) is 28.6. The van der Waals surface area contributed by atoms with E-state index >= 15 is 0 Å². The summed E-state index contributed by atoms with van der Waals surface area (Å²) in [7, 11) is -2.36. The van der Waals surface area contributed by atoms with Gasteiger partial charge in [-0.25, -0.2) is 8.42 Å². The minimum Gasteiger partial charge on any atom is -0.497 e. The number of methoxy groups -OCH3 is 1. The Kier molecular flexibility index (Phi) is 10.1. The molecule has 0 saturated heterocycles. The zero-order valence-electron chi connectivity index (χ0n) is 23.1. The molecule has 208 valence electrons. The molecule has 39 heavy (non-hydrogen) atoms. The maximum atomic E-state index is 14.0. The second-order valence-corrected chi connectivity index (χ2v) is 11.8. The van der Waals surface area contributed by atoms with Gasteiger partial charge < -0.3 is 15.0 Å². The lowest BCUT2D eigenvalue weighted by atomic mass is 10.0. The number of anilines is 1. The lowest BCUT2D eigenvalue weighted by molar-refractivity contribution is -0.140. The number of nitrogens with zero attached hydrogens (tertiary/aromatic N) is 2. The van der Waals surface area contributed by atoms with Crippen molar-refractivity contribution in [2.24, 2.45) is 0 Å². The molecule has 3 aromatic rings. The van der Waals surface area contributed by atoms with Crippen LogP contribution in [0.25, 0.3) is 0 Å². The number of carbonyl (C=O) groups excluding carboxylic acids is 2. The highest BCUT2D eigenvalue weighted by Crippen LogP contribution is 2.24. The van der Waals surface area contributed by atoms with Crippen molar-refractivity contribution in [3.8, 4) is 5.75 Å². The van der Waals surface area contributed by atoms with E-state index in [-0.39, 0.29) is 24.9 Å². The van der Waals surface area contributed by atoms with Crippen LogP contribution in [0.2, 0.25) is 0 Å². The van der Waals surface area contributed by atoms with Gasteiger partial charge in [0.15, 0.2) is 0 Å². The van der Waals surface area contributed by atoms with Gasteiger partial charge in [0, 0.05) is 25.1 Å². The van der Waals surface area contributed by atoms with Gasteiger partial charge in [-0.2, -0.15) is 0 Å². The van der Waals surface area contributed by atoms with E-state index in [2.05, 4.69) is 5.32 Å². The van der Waals surface area contributed by atoms with Gasteiger partial charge in [-0.1, -0.05) is 66.2 Å². The first-order valence-corrected chi connectivity index (χ1v) is 14.6. The predicted molar refractivity (Wildman–Crippen MR) is 154 cm³/mol. The Hall–Kier alpha value is -3.85. The second-order valence-electron chi connectivity index (χ2n) is 9.85. The summed E-state index contributed by atoms with van der Waals surface area (Å²) in [6.07, 6.45) is 1.33. The fraction of sp³-hybridized carbons (Fsp3) is 0.333.